The lowest BCUT2D eigenvalue weighted by Crippen LogP contribution is -2.53. The summed E-state index contributed by atoms with van der Waals surface area (Å²) in [7, 11) is 1.46. The van der Waals surface area contributed by atoms with Gasteiger partial charge in [0.1, 0.15) is 18.2 Å². The van der Waals surface area contributed by atoms with Crippen LogP contribution in [0.15, 0.2) is 5.11 Å². The molecule has 0 aliphatic carbocycles. The topological polar surface area (TPSA) is 96.7 Å². The zero-order chi connectivity index (χ0) is 10.1. The predicted molar refractivity (Wildman–Crippen MR) is 44.4 cm³/mol. The summed E-state index contributed by atoms with van der Waals surface area (Å²) in [5.74, 6) is 0. The number of rotatable bonds is 2. The second-order valence-corrected chi connectivity index (χ2v) is 3.26. The van der Waals surface area contributed by atoms with Gasteiger partial charge in [-0.05, 0) is 5.53 Å². The van der Waals surface area contributed by atoms with Crippen LogP contribution in [0.2, 0.25) is 0 Å². The summed E-state index contributed by atoms with van der Waals surface area (Å²) in [6.07, 6.45) is -2.34. The molecule has 2 bridgehead atoms. The van der Waals surface area contributed by atoms with Crippen molar-refractivity contribution in [2.75, 3.05) is 13.7 Å². The van der Waals surface area contributed by atoms with Crippen molar-refractivity contribution in [2.45, 2.75) is 30.6 Å². The highest BCUT2D eigenvalue weighted by Crippen LogP contribution is 2.31. The van der Waals surface area contributed by atoms with Gasteiger partial charge in [-0.3, -0.25) is 0 Å². The highest BCUT2D eigenvalue weighted by atomic mass is 16.7. The number of nitrogens with zero attached hydrogens (tertiary/aromatic N) is 3. The average Bonchev–Trinajstić information content (AvgIpc) is 2.61. The molecule has 1 N–H and O–H groups in total. The summed E-state index contributed by atoms with van der Waals surface area (Å²) < 4.78 is 15.6. The zero-order valence-corrected chi connectivity index (χ0v) is 7.61. The van der Waals surface area contributed by atoms with Crippen molar-refractivity contribution in [3.05, 3.63) is 10.4 Å². The first kappa shape index (κ1) is 9.70. The first-order valence-electron chi connectivity index (χ1n) is 4.30. The molecule has 78 valence electrons. The van der Waals surface area contributed by atoms with Gasteiger partial charge in [0.15, 0.2) is 6.29 Å². The molecule has 2 aliphatic heterocycles. The molecule has 0 spiro atoms. The van der Waals surface area contributed by atoms with Crippen LogP contribution in [0.1, 0.15) is 0 Å². The fourth-order valence-electron chi connectivity index (χ4n) is 1.83. The molecule has 2 saturated heterocycles. The average molecular weight is 201 g/mol. The van der Waals surface area contributed by atoms with E-state index in [-0.39, 0.29) is 6.10 Å². The van der Waals surface area contributed by atoms with E-state index in [1.54, 1.807) is 0 Å². The Kier molecular flexibility index (Phi) is 2.58. The number of aliphatic hydroxyl groups is 1. The molecule has 0 radical (unpaired) electrons. The molecule has 0 aromatic carbocycles. The van der Waals surface area contributed by atoms with Crippen molar-refractivity contribution in [3.8, 4) is 0 Å². The van der Waals surface area contributed by atoms with E-state index in [4.69, 9.17) is 19.7 Å². The van der Waals surface area contributed by atoms with E-state index in [9.17, 15) is 5.11 Å². The number of ether oxygens (including phenoxy) is 3. The summed E-state index contributed by atoms with van der Waals surface area (Å²) in [5.41, 5.74) is 8.36. The van der Waals surface area contributed by atoms with Gasteiger partial charge in [-0.15, -0.1) is 0 Å². The van der Waals surface area contributed by atoms with Gasteiger partial charge < -0.3 is 19.3 Å². The van der Waals surface area contributed by atoms with Crippen molar-refractivity contribution in [3.63, 3.8) is 0 Å². The van der Waals surface area contributed by atoms with Gasteiger partial charge in [0.05, 0.1) is 12.7 Å². The maximum absolute atomic E-state index is 9.74. The Morgan fingerprint density at radius 1 is 1.64 bits per heavy atom. The fourth-order valence-corrected chi connectivity index (χ4v) is 1.83. The quantitative estimate of drug-likeness (QED) is 0.380. The Bertz CT molecular complexity index is 268. The molecular weight excluding hydrogens is 190 g/mol. The van der Waals surface area contributed by atoms with Gasteiger partial charge in [-0.1, -0.05) is 5.11 Å². The highest BCUT2D eigenvalue weighted by molar-refractivity contribution is 4.97. The number of methoxy groups -OCH3 is 1. The van der Waals surface area contributed by atoms with E-state index >= 15 is 0 Å². The fraction of sp³-hybridized carbons (Fsp3) is 1.00. The molecule has 14 heavy (non-hydrogen) atoms. The van der Waals surface area contributed by atoms with Crippen LogP contribution < -0.4 is 0 Å². The third-order valence-corrected chi connectivity index (χ3v) is 2.52. The molecule has 0 amide bonds. The maximum atomic E-state index is 9.74. The van der Waals surface area contributed by atoms with Gasteiger partial charge in [0.2, 0.25) is 0 Å². The largest absolute Gasteiger partial charge is 0.388 e. The monoisotopic (exact) mass is 201 g/mol. The lowest BCUT2D eigenvalue weighted by Gasteiger charge is -2.35. The van der Waals surface area contributed by atoms with Crippen LogP contribution in [0.3, 0.4) is 0 Å². The molecule has 0 aromatic heterocycles. The second-order valence-electron chi connectivity index (χ2n) is 3.26. The Balaban J connectivity index is 2.23. The van der Waals surface area contributed by atoms with Crippen molar-refractivity contribution >= 4 is 0 Å². The Labute approximate surface area is 80.2 Å². The van der Waals surface area contributed by atoms with Gasteiger partial charge in [0.25, 0.3) is 0 Å². The van der Waals surface area contributed by atoms with Crippen LogP contribution in [0.5, 0.6) is 0 Å². The summed E-state index contributed by atoms with van der Waals surface area (Å²) in [4.78, 5) is 2.68. The Morgan fingerprint density at radius 3 is 3.07 bits per heavy atom. The molecule has 5 atom stereocenters. The Morgan fingerprint density at radius 2 is 2.43 bits per heavy atom. The third-order valence-electron chi connectivity index (χ3n) is 2.52. The van der Waals surface area contributed by atoms with Crippen LogP contribution in [0.4, 0.5) is 0 Å². The van der Waals surface area contributed by atoms with Crippen molar-refractivity contribution in [2.24, 2.45) is 5.11 Å². The zero-order valence-electron chi connectivity index (χ0n) is 7.61. The van der Waals surface area contributed by atoms with Crippen molar-refractivity contribution in [1.82, 2.24) is 0 Å². The third kappa shape index (κ3) is 1.35. The van der Waals surface area contributed by atoms with Crippen LogP contribution in [0, 0.1) is 0 Å². The van der Waals surface area contributed by atoms with E-state index in [2.05, 4.69) is 10.0 Å². The number of aliphatic hydroxyl groups excluding tert-OH is 1. The highest BCUT2D eigenvalue weighted by Gasteiger charge is 2.50. The van der Waals surface area contributed by atoms with E-state index in [1.807, 2.05) is 0 Å². The first-order valence-corrected chi connectivity index (χ1v) is 4.30. The summed E-state index contributed by atoms with van der Waals surface area (Å²) in [5, 5.41) is 13.2. The van der Waals surface area contributed by atoms with Gasteiger partial charge in [-0.2, -0.15) is 0 Å². The van der Waals surface area contributed by atoms with E-state index < -0.39 is 24.5 Å². The molecular formula is C7H11N3O4. The van der Waals surface area contributed by atoms with Crippen molar-refractivity contribution in [1.29, 1.82) is 0 Å². The Hall–Kier alpha value is -0.850. The van der Waals surface area contributed by atoms with Crippen LogP contribution in [-0.4, -0.2) is 49.5 Å². The van der Waals surface area contributed by atoms with Gasteiger partial charge in [0, 0.05) is 12.0 Å². The molecule has 2 fully saturated rings. The first-order chi connectivity index (χ1) is 6.77. The number of hydrogen-bond donors (Lipinski definition) is 1. The maximum Gasteiger partial charge on any atom is 0.169 e. The van der Waals surface area contributed by atoms with Gasteiger partial charge in [-0.25, -0.2) is 0 Å². The normalized spacial score (nSPS) is 46.0. The van der Waals surface area contributed by atoms with Crippen LogP contribution in [-0.2, 0) is 14.2 Å². The summed E-state index contributed by atoms with van der Waals surface area (Å²) in [6, 6.07) is -0.626. The van der Waals surface area contributed by atoms with Crippen LogP contribution >= 0.6 is 0 Å². The van der Waals surface area contributed by atoms with E-state index in [0.29, 0.717) is 6.61 Å². The minimum Gasteiger partial charge on any atom is -0.388 e. The summed E-state index contributed by atoms with van der Waals surface area (Å²) >= 11 is 0. The molecule has 2 aliphatic rings. The van der Waals surface area contributed by atoms with E-state index in [1.165, 1.54) is 7.11 Å². The molecule has 2 unspecified atom stereocenters. The number of hydrogen-bond acceptors (Lipinski definition) is 5. The minimum absolute atomic E-state index is 0.309. The van der Waals surface area contributed by atoms with Crippen LogP contribution in [0.25, 0.3) is 10.4 Å². The lowest BCUT2D eigenvalue weighted by molar-refractivity contribution is -0.185. The standard InChI is InChI=1S/C7H11N3O4/c1-12-6-4(9-10-8)7-13-2-3(14-7)5(6)11/h3-7,11H,2H2,1H3/t3?,4?,5-,6-,7-/m0/s1. The smallest absolute Gasteiger partial charge is 0.169 e. The van der Waals surface area contributed by atoms with Gasteiger partial charge >= 0.3 is 0 Å². The minimum atomic E-state index is -0.811. The number of azide groups is 1. The van der Waals surface area contributed by atoms with E-state index in [0.717, 1.165) is 0 Å². The SMILES string of the molecule is CO[C@H]1C(N=[N+]=[N-])[C@H]2OCC(O2)[C@@H]1O. The predicted octanol–water partition coefficient (Wildman–Crippen LogP) is -0.204. The molecule has 7 heteroatoms. The molecule has 0 aromatic rings. The lowest BCUT2D eigenvalue weighted by atomic mass is 9.99. The summed E-state index contributed by atoms with van der Waals surface area (Å²) in [6.45, 7) is 0.309. The second kappa shape index (κ2) is 3.72. The molecule has 0 saturated carbocycles. The van der Waals surface area contributed by atoms with Crippen molar-refractivity contribution < 1.29 is 19.3 Å². The molecule has 2 heterocycles. The number of fused-ring (bicyclic) bond motifs is 2. The molecule has 7 nitrogen and oxygen atoms in total. The molecule has 2 rings (SSSR count).